The lowest BCUT2D eigenvalue weighted by Gasteiger charge is -2.34. The largest absolute Gasteiger partial charge is 0.0599 e. The topological polar surface area (TPSA) is 0 Å². The normalized spacial score (nSPS) is 66.2. The van der Waals surface area contributed by atoms with E-state index in [-0.39, 0.29) is 0 Å². The van der Waals surface area contributed by atoms with E-state index < -0.39 is 0 Å². The molecule has 0 heterocycles. The van der Waals surface area contributed by atoms with E-state index in [1.807, 2.05) is 0 Å². The Morgan fingerprint density at radius 1 is 0.769 bits per heavy atom. The fourth-order valence-corrected chi connectivity index (χ4v) is 5.67. The van der Waals surface area contributed by atoms with Crippen molar-refractivity contribution in [2.24, 2.45) is 46.8 Å². The minimum Gasteiger partial charge on any atom is -0.0599 e. The average molecular weight is 176 g/mol. The van der Waals surface area contributed by atoms with Gasteiger partial charge in [-0.15, -0.1) is 0 Å². The fraction of sp³-hybridized carbons (Fsp3) is 1.00. The van der Waals surface area contributed by atoms with Crippen molar-refractivity contribution in [3.63, 3.8) is 0 Å². The van der Waals surface area contributed by atoms with Crippen molar-refractivity contribution in [2.75, 3.05) is 0 Å². The van der Waals surface area contributed by atoms with Crippen LogP contribution in [0.3, 0.4) is 0 Å². The minimum atomic E-state index is 0.597. The molecule has 5 rings (SSSR count). The predicted molar refractivity (Wildman–Crippen MR) is 53.1 cm³/mol. The Balaban J connectivity index is 1.73. The lowest BCUT2D eigenvalue weighted by Crippen LogP contribution is -2.27. The summed E-state index contributed by atoms with van der Waals surface area (Å²) < 4.78 is 0. The van der Waals surface area contributed by atoms with Crippen LogP contribution in [0.25, 0.3) is 0 Å². The van der Waals surface area contributed by atoms with Gasteiger partial charge in [-0.05, 0) is 59.7 Å². The first kappa shape index (κ1) is 7.31. The van der Waals surface area contributed by atoms with Gasteiger partial charge in [-0.25, -0.2) is 0 Å². The summed E-state index contributed by atoms with van der Waals surface area (Å²) in [4.78, 5) is 0. The molecule has 0 heteroatoms. The summed E-state index contributed by atoms with van der Waals surface area (Å²) >= 11 is 0. The van der Waals surface area contributed by atoms with Crippen LogP contribution in [0.15, 0.2) is 0 Å². The van der Waals surface area contributed by atoms with Gasteiger partial charge in [0, 0.05) is 0 Å². The van der Waals surface area contributed by atoms with E-state index in [9.17, 15) is 0 Å². The smallest absolute Gasteiger partial charge is 0.0315 e. The van der Waals surface area contributed by atoms with Crippen molar-refractivity contribution in [1.29, 1.82) is 0 Å². The van der Waals surface area contributed by atoms with Crippen LogP contribution in [0.2, 0.25) is 0 Å². The highest BCUT2D eigenvalue weighted by atomic mass is 14.8. The van der Waals surface area contributed by atoms with Crippen molar-refractivity contribution in [3.05, 3.63) is 0 Å². The molecular formula is C13H20. The molecule has 0 aromatic rings. The van der Waals surface area contributed by atoms with Gasteiger partial charge in [0.05, 0.1) is 0 Å². The van der Waals surface area contributed by atoms with Gasteiger partial charge in [0.2, 0.25) is 0 Å². The Bertz CT molecular complexity index is 272. The zero-order valence-electron chi connectivity index (χ0n) is 8.96. The summed E-state index contributed by atoms with van der Waals surface area (Å²) in [6.45, 7) is 7.40. The van der Waals surface area contributed by atoms with Crippen molar-refractivity contribution in [3.8, 4) is 0 Å². The summed E-state index contributed by atoms with van der Waals surface area (Å²) in [5.74, 6) is 8.36. The van der Waals surface area contributed by atoms with E-state index in [2.05, 4.69) is 20.8 Å². The molecule has 0 amide bonds. The summed E-state index contributed by atoms with van der Waals surface area (Å²) in [6, 6.07) is 0. The highest BCUT2D eigenvalue weighted by Crippen LogP contribution is 2.83. The monoisotopic (exact) mass is 176 g/mol. The van der Waals surface area contributed by atoms with E-state index in [0.29, 0.717) is 5.41 Å². The van der Waals surface area contributed by atoms with Gasteiger partial charge in [-0.2, -0.15) is 0 Å². The molecule has 5 saturated carbocycles. The molecule has 5 aliphatic rings. The van der Waals surface area contributed by atoms with E-state index in [0.717, 1.165) is 5.92 Å². The Hall–Kier alpha value is 0. The van der Waals surface area contributed by atoms with Gasteiger partial charge < -0.3 is 0 Å². The minimum absolute atomic E-state index is 0.597. The molecule has 13 heavy (non-hydrogen) atoms. The molecule has 0 aromatic heterocycles. The van der Waals surface area contributed by atoms with Gasteiger partial charge in [0.25, 0.3) is 0 Å². The molecule has 0 N–H and O–H groups in total. The second-order valence-corrected chi connectivity index (χ2v) is 7.17. The van der Waals surface area contributed by atoms with Gasteiger partial charge >= 0.3 is 0 Å². The van der Waals surface area contributed by atoms with Crippen molar-refractivity contribution in [1.82, 2.24) is 0 Å². The maximum absolute atomic E-state index is 2.47. The second kappa shape index (κ2) is 1.73. The van der Waals surface area contributed by atoms with Crippen molar-refractivity contribution >= 4 is 0 Å². The first-order valence-electron chi connectivity index (χ1n) is 6.09. The summed E-state index contributed by atoms with van der Waals surface area (Å²) in [5, 5.41) is 0. The van der Waals surface area contributed by atoms with E-state index in [1.54, 1.807) is 12.8 Å². The van der Waals surface area contributed by atoms with Crippen LogP contribution in [-0.4, -0.2) is 0 Å². The van der Waals surface area contributed by atoms with Crippen LogP contribution in [0.5, 0.6) is 0 Å². The molecule has 7 unspecified atom stereocenters. The standard InChI is InChI=1S/C13H20/c1-13(2,3)9-5-7-6-4-8-10(7)12(8)11(6)9/h6-12H,4-5H2,1-3H3. The SMILES string of the molecule is CC(C)(C)C1CC2C3CC4C2C4C31. The van der Waals surface area contributed by atoms with Crippen LogP contribution in [0.4, 0.5) is 0 Å². The highest BCUT2D eigenvalue weighted by molar-refractivity contribution is 5.25. The third-order valence-electron chi connectivity index (χ3n) is 5.92. The first-order chi connectivity index (χ1) is 6.09. The quantitative estimate of drug-likeness (QED) is 0.532. The van der Waals surface area contributed by atoms with Gasteiger partial charge in [0.15, 0.2) is 0 Å². The number of hydrogen-bond acceptors (Lipinski definition) is 0. The van der Waals surface area contributed by atoms with Gasteiger partial charge in [-0.1, -0.05) is 20.8 Å². The maximum Gasteiger partial charge on any atom is -0.0315 e. The first-order valence-corrected chi connectivity index (χ1v) is 6.09. The Kier molecular flexibility index (Phi) is 0.971. The third-order valence-corrected chi connectivity index (χ3v) is 5.92. The highest BCUT2D eigenvalue weighted by Gasteiger charge is 2.78. The molecule has 6 bridgehead atoms. The van der Waals surface area contributed by atoms with E-state index >= 15 is 0 Å². The fourth-order valence-electron chi connectivity index (χ4n) is 5.67. The zero-order chi connectivity index (χ0) is 8.96. The molecule has 72 valence electrons. The molecule has 5 fully saturated rings. The van der Waals surface area contributed by atoms with Crippen LogP contribution in [0, 0.1) is 46.8 Å². The Morgan fingerprint density at radius 2 is 1.46 bits per heavy atom. The summed E-state index contributed by atoms with van der Waals surface area (Å²) in [7, 11) is 0. The molecular weight excluding hydrogens is 156 g/mol. The molecule has 0 aliphatic heterocycles. The Labute approximate surface area is 81.1 Å². The molecule has 0 spiro atoms. The molecule has 5 aliphatic carbocycles. The predicted octanol–water partition coefficient (Wildman–Crippen LogP) is 3.18. The van der Waals surface area contributed by atoms with E-state index in [4.69, 9.17) is 0 Å². The number of rotatable bonds is 0. The third kappa shape index (κ3) is 0.620. The zero-order valence-corrected chi connectivity index (χ0v) is 8.96. The molecule has 7 atom stereocenters. The van der Waals surface area contributed by atoms with Crippen LogP contribution in [-0.2, 0) is 0 Å². The molecule has 0 radical (unpaired) electrons. The van der Waals surface area contributed by atoms with Crippen LogP contribution < -0.4 is 0 Å². The molecule has 0 saturated heterocycles. The van der Waals surface area contributed by atoms with Crippen LogP contribution >= 0.6 is 0 Å². The number of hydrogen-bond donors (Lipinski definition) is 0. The van der Waals surface area contributed by atoms with E-state index in [1.165, 1.54) is 35.5 Å². The van der Waals surface area contributed by atoms with Crippen LogP contribution in [0.1, 0.15) is 33.6 Å². The summed E-state index contributed by atoms with van der Waals surface area (Å²) in [6.07, 6.45) is 3.23. The van der Waals surface area contributed by atoms with Gasteiger partial charge in [-0.3, -0.25) is 0 Å². The maximum atomic E-state index is 2.47. The van der Waals surface area contributed by atoms with Crippen molar-refractivity contribution in [2.45, 2.75) is 33.6 Å². The second-order valence-electron chi connectivity index (χ2n) is 7.17. The lowest BCUT2D eigenvalue weighted by molar-refractivity contribution is 0.149. The lowest BCUT2D eigenvalue weighted by atomic mass is 9.71. The molecule has 0 nitrogen and oxygen atoms in total. The Morgan fingerprint density at radius 3 is 1.92 bits per heavy atom. The average Bonchev–Trinajstić information content (AvgIpc) is 2.45. The van der Waals surface area contributed by atoms with Crippen molar-refractivity contribution < 1.29 is 0 Å². The van der Waals surface area contributed by atoms with Gasteiger partial charge in [0.1, 0.15) is 0 Å². The summed E-state index contributed by atoms with van der Waals surface area (Å²) in [5.41, 5.74) is 0.597. The molecule has 0 aromatic carbocycles.